The Labute approximate surface area is 189 Å². The molecule has 0 unspecified atom stereocenters. The van der Waals surface area contributed by atoms with E-state index in [-0.39, 0.29) is 12.0 Å². The molecule has 0 bridgehead atoms. The first-order valence-corrected chi connectivity index (χ1v) is 11.0. The van der Waals surface area contributed by atoms with Crippen molar-refractivity contribution in [3.8, 4) is 22.1 Å². The van der Waals surface area contributed by atoms with Gasteiger partial charge < -0.3 is 9.47 Å². The summed E-state index contributed by atoms with van der Waals surface area (Å²) in [5.74, 6) is 0.830. The van der Waals surface area contributed by atoms with Crippen LogP contribution in [0.25, 0.3) is 10.6 Å². The van der Waals surface area contributed by atoms with Crippen LogP contribution < -0.4 is 14.8 Å². The molecular weight excluding hydrogens is 424 g/mol. The first kappa shape index (κ1) is 20.1. The Morgan fingerprint density at radius 1 is 1.06 bits per heavy atom. The molecule has 1 aliphatic rings. The Morgan fingerprint density at radius 2 is 1.91 bits per heavy atom. The van der Waals surface area contributed by atoms with Gasteiger partial charge >= 0.3 is 0 Å². The number of methoxy groups -OCH3 is 1. The molecule has 0 saturated carbocycles. The molecule has 5 rings (SSSR count). The van der Waals surface area contributed by atoms with Crippen LogP contribution in [0.1, 0.15) is 34.0 Å². The Hall–Kier alpha value is -3.78. The van der Waals surface area contributed by atoms with E-state index in [0.29, 0.717) is 27.2 Å². The number of carbonyl (C=O) groups is 1. The number of amides is 1. The predicted octanol–water partition coefficient (Wildman–Crippen LogP) is 4.93. The summed E-state index contributed by atoms with van der Waals surface area (Å²) in [5, 5.41) is 12.1. The minimum absolute atomic E-state index is 0.0206. The zero-order valence-electron chi connectivity index (χ0n) is 17.3. The van der Waals surface area contributed by atoms with Crippen molar-refractivity contribution in [3.63, 3.8) is 0 Å². The standard InChI is InChI=1S/C24H20N4O3S/c1-30-21-14-17(7-9-20(21)31-19-8-6-15-4-2-3-5-18(15)19)22(29)26-24-28-27-23(32-24)16-10-12-25-13-11-16/h2-5,7,9-14,19H,6,8H2,1H3,(H,26,28,29)/t19-/m1/s1. The van der Waals surface area contributed by atoms with Crippen LogP contribution in [-0.2, 0) is 6.42 Å². The largest absolute Gasteiger partial charge is 0.493 e. The summed E-state index contributed by atoms with van der Waals surface area (Å²) in [4.78, 5) is 16.8. The smallest absolute Gasteiger partial charge is 0.257 e. The van der Waals surface area contributed by atoms with Crippen LogP contribution >= 0.6 is 11.3 Å². The van der Waals surface area contributed by atoms with Crippen molar-refractivity contribution in [2.45, 2.75) is 18.9 Å². The zero-order valence-corrected chi connectivity index (χ0v) is 18.1. The number of rotatable bonds is 6. The van der Waals surface area contributed by atoms with Gasteiger partial charge in [0.25, 0.3) is 5.91 Å². The second kappa shape index (κ2) is 8.76. The zero-order chi connectivity index (χ0) is 21.9. The summed E-state index contributed by atoms with van der Waals surface area (Å²) in [6.07, 6.45) is 5.27. The normalized spacial score (nSPS) is 14.6. The number of fused-ring (bicyclic) bond motifs is 1. The highest BCUT2D eigenvalue weighted by Crippen LogP contribution is 2.38. The quantitative estimate of drug-likeness (QED) is 0.454. The van der Waals surface area contributed by atoms with Gasteiger partial charge in [0.2, 0.25) is 5.13 Å². The number of ether oxygens (including phenoxy) is 2. The second-order valence-corrected chi connectivity index (χ2v) is 8.29. The van der Waals surface area contributed by atoms with Gasteiger partial charge in [-0.25, -0.2) is 0 Å². The average molecular weight is 445 g/mol. The highest BCUT2D eigenvalue weighted by molar-refractivity contribution is 7.18. The number of hydrogen-bond donors (Lipinski definition) is 1. The molecule has 4 aromatic rings. The Kier molecular flexibility index (Phi) is 5.51. The lowest BCUT2D eigenvalue weighted by Crippen LogP contribution is -2.12. The van der Waals surface area contributed by atoms with Crippen LogP contribution in [0, 0.1) is 0 Å². The summed E-state index contributed by atoms with van der Waals surface area (Å²) >= 11 is 1.30. The first-order chi connectivity index (χ1) is 15.7. The van der Waals surface area contributed by atoms with Crippen molar-refractivity contribution in [2.75, 3.05) is 12.4 Å². The molecule has 160 valence electrons. The third-order valence-electron chi connectivity index (χ3n) is 5.35. The summed E-state index contributed by atoms with van der Waals surface area (Å²) < 4.78 is 11.8. The van der Waals surface area contributed by atoms with E-state index in [4.69, 9.17) is 9.47 Å². The Morgan fingerprint density at radius 3 is 2.75 bits per heavy atom. The van der Waals surface area contributed by atoms with Gasteiger partial charge in [0.1, 0.15) is 11.1 Å². The van der Waals surface area contributed by atoms with Crippen molar-refractivity contribution >= 4 is 22.4 Å². The lowest BCUT2D eigenvalue weighted by atomic mass is 10.1. The molecule has 1 amide bonds. The monoisotopic (exact) mass is 444 g/mol. The highest BCUT2D eigenvalue weighted by Gasteiger charge is 2.25. The lowest BCUT2D eigenvalue weighted by molar-refractivity contribution is 0.102. The molecule has 2 heterocycles. The summed E-state index contributed by atoms with van der Waals surface area (Å²) in [6, 6.07) is 17.2. The molecule has 0 radical (unpaired) electrons. The first-order valence-electron chi connectivity index (χ1n) is 10.2. The number of nitrogens with zero attached hydrogens (tertiary/aromatic N) is 3. The molecule has 1 aliphatic carbocycles. The van der Waals surface area contributed by atoms with Gasteiger partial charge in [0.05, 0.1) is 7.11 Å². The van der Waals surface area contributed by atoms with Gasteiger partial charge in [-0.3, -0.25) is 15.1 Å². The van der Waals surface area contributed by atoms with Crippen molar-refractivity contribution in [3.05, 3.63) is 83.7 Å². The number of aromatic nitrogens is 3. The molecule has 2 aromatic heterocycles. The Bertz CT molecular complexity index is 1260. The molecule has 32 heavy (non-hydrogen) atoms. The van der Waals surface area contributed by atoms with Crippen molar-refractivity contribution in [2.24, 2.45) is 0 Å². The van der Waals surface area contributed by atoms with Gasteiger partial charge in [-0.05, 0) is 54.3 Å². The molecule has 8 heteroatoms. The average Bonchev–Trinajstić information content (AvgIpc) is 3.47. The SMILES string of the molecule is COc1cc(C(=O)Nc2nnc(-c3ccncc3)s2)ccc1O[C@@H]1CCc2ccccc21. The minimum atomic E-state index is -0.293. The van der Waals surface area contributed by atoms with E-state index in [2.05, 4.69) is 32.6 Å². The Balaban J connectivity index is 1.31. The van der Waals surface area contributed by atoms with Crippen LogP contribution in [-0.4, -0.2) is 28.2 Å². The van der Waals surface area contributed by atoms with E-state index >= 15 is 0 Å². The topological polar surface area (TPSA) is 86.2 Å². The lowest BCUT2D eigenvalue weighted by Gasteiger charge is -2.17. The molecular formula is C24H20N4O3S. The number of pyridine rings is 1. The summed E-state index contributed by atoms with van der Waals surface area (Å²) in [6.45, 7) is 0. The minimum Gasteiger partial charge on any atom is -0.493 e. The van der Waals surface area contributed by atoms with Crippen molar-refractivity contribution in [1.29, 1.82) is 0 Å². The van der Waals surface area contributed by atoms with Crippen LogP contribution in [0.3, 0.4) is 0 Å². The number of aryl methyl sites for hydroxylation is 1. The molecule has 7 nitrogen and oxygen atoms in total. The van der Waals surface area contributed by atoms with Gasteiger partial charge in [-0.2, -0.15) is 0 Å². The number of carbonyl (C=O) groups excluding carboxylic acids is 1. The summed E-state index contributed by atoms with van der Waals surface area (Å²) in [5.41, 5.74) is 3.87. The van der Waals surface area contributed by atoms with Gasteiger partial charge in [-0.1, -0.05) is 35.6 Å². The number of nitrogens with one attached hydrogen (secondary N) is 1. The van der Waals surface area contributed by atoms with Crippen LogP contribution in [0.15, 0.2) is 67.0 Å². The molecule has 1 atom stereocenters. The van der Waals surface area contributed by atoms with Gasteiger partial charge in [0.15, 0.2) is 11.5 Å². The van der Waals surface area contributed by atoms with E-state index in [0.717, 1.165) is 18.4 Å². The molecule has 0 fully saturated rings. The maximum atomic E-state index is 12.8. The van der Waals surface area contributed by atoms with Crippen LogP contribution in [0.5, 0.6) is 11.5 Å². The number of anilines is 1. The van der Waals surface area contributed by atoms with Crippen LogP contribution in [0.2, 0.25) is 0 Å². The third kappa shape index (κ3) is 4.04. The molecule has 2 aromatic carbocycles. The molecule has 0 spiro atoms. The van der Waals surface area contributed by atoms with Crippen molar-refractivity contribution in [1.82, 2.24) is 15.2 Å². The fraction of sp³-hybridized carbons (Fsp3) is 0.167. The fourth-order valence-electron chi connectivity index (χ4n) is 3.75. The van der Waals surface area contributed by atoms with E-state index < -0.39 is 0 Å². The van der Waals surface area contributed by atoms with E-state index in [9.17, 15) is 4.79 Å². The highest BCUT2D eigenvalue weighted by atomic mass is 32.1. The number of benzene rings is 2. The number of hydrogen-bond acceptors (Lipinski definition) is 7. The maximum Gasteiger partial charge on any atom is 0.257 e. The van der Waals surface area contributed by atoms with E-state index in [1.165, 1.54) is 22.5 Å². The van der Waals surface area contributed by atoms with E-state index in [1.807, 2.05) is 24.3 Å². The predicted molar refractivity (Wildman–Crippen MR) is 122 cm³/mol. The third-order valence-corrected chi connectivity index (χ3v) is 6.23. The molecule has 0 aliphatic heterocycles. The van der Waals surface area contributed by atoms with Crippen LogP contribution in [0.4, 0.5) is 5.13 Å². The maximum absolute atomic E-state index is 12.8. The molecule has 0 saturated heterocycles. The van der Waals surface area contributed by atoms with Crippen molar-refractivity contribution < 1.29 is 14.3 Å². The summed E-state index contributed by atoms with van der Waals surface area (Å²) in [7, 11) is 1.57. The van der Waals surface area contributed by atoms with Gasteiger partial charge in [-0.15, -0.1) is 10.2 Å². The van der Waals surface area contributed by atoms with Gasteiger partial charge in [0, 0.05) is 23.5 Å². The van der Waals surface area contributed by atoms with E-state index in [1.54, 1.807) is 37.7 Å². The molecule has 1 N–H and O–H groups in total. The second-order valence-electron chi connectivity index (χ2n) is 7.31. The fourth-order valence-corrected chi connectivity index (χ4v) is 4.50.